The summed E-state index contributed by atoms with van der Waals surface area (Å²) in [7, 11) is 0. The molecule has 1 N–H and O–H groups in total. The summed E-state index contributed by atoms with van der Waals surface area (Å²) in [6.45, 7) is 8.50. The molecule has 1 aliphatic heterocycles. The Kier molecular flexibility index (Phi) is 2.89. The summed E-state index contributed by atoms with van der Waals surface area (Å²) < 4.78 is 5.40. The SMILES string of the molecule is CC12CCC(O)C(C1)N(C(=O)OC(C)(C)C)C2. The molecular formula is C13H23NO3. The van der Waals surface area contributed by atoms with Crippen LogP contribution in [0.5, 0.6) is 0 Å². The van der Waals surface area contributed by atoms with Gasteiger partial charge in [-0.2, -0.15) is 0 Å². The van der Waals surface area contributed by atoms with E-state index in [4.69, 9.17) is 4.74 Å². The normalized spacial score (nSPS) is 37.1. The molecule has 2 aliphatic rings. The average molecular weight is 241 g/mol. The van der Waals surface area contributed by atoms with Crippen molar-refractivity contribution in [1.29, 1.82) is 0 Å². The van der Waals surface area contributed by atoms with Crippen molar-refractivity contribution in [2.75, 3.05) is 6.54 Å². The molecule has 1 aliphatic carbocycles. The van der Waals surface area contributed by atoms with Gasteiger partial charge in [0.25, 0.3) is 0 Å². The number of carbonyl (C=O) groups is 1. The third-order valence-corrected chi connectivity index (χ3v) is 3.77. The van der Waals surface area contributed by atoms with Crippen LogP contribution >= 0.6 is 0 Å². The number of hydrogen-bond donors (Lipinski definition) is 1. The first-order valence-electron chi connectivity index (χ1n) is 6.38. The van der Waals surface area contributed by atoms with E-state index in [1.54, 1.807) is 4.90 Å². The summed E-state index contributed by atoms with van der Waals surface area (Å²) in [5.41, 5.74) is -0.305. The number of likely N-dealkylation sites (tertiary alicyclic amines) is 1. The zero-order valence-corrected chi connectivity index (χ0v) is 11.2. The highest BCUT2D eigenvalue weighted by molar-refractivity contribution is 5.69. The Hall–Kier alpha value is -0.770. The minimum Gasteiger partial charge on any atom is -0.444 e. The summed E-state index contributed by atoms with van der Waals surface area (Å²) in [4.78, 5) is 13.8. The average Bonchev–Trinajstić information content (AvgIpc) is 2.45. The number of ether oxygens (including phenoxy) is 1. The van der Waals surface area contributed by atoms with Crippen LogP contribution in [0.1, 0.15) is 47.0 Å². The summed E-state index contributed by atoms with van der Waals surface area (Å²) in [6.07, 6.45) is 2.00. The van der Waals surface area contributed by atoms with Crippen LogP contribution in [0.2, 0.25) is 0 Å². The number of nitrogens with zero attached hydrogens (tertiary/aromatic N) is 1. The van der Waals surface area contributed by atoms with Crippen molar-refractivity contribution in [3.63, 3.8) is 0 Å². The van der Waals surface area contributed by atoms with Crippen LogP contribution in [-0.4, -0.2) is 40.4 Å². The van der Waals surface area contributed by atoms with Crippen molar-refractivity contribution in [2.45, 2.75) is 64.7 Å². The minimum absolute atomic E-state index is 0.0522. The zero-order chi connectivity index (χ0) is 12.8. The molecule has 1 saturated carbocycles. The smallest absolute Gasteiger partial charge is 0.410 e. The Labute approximate surface area is 103 Å². The molecule has 2 bridgehead atoms. The number of hydrogen-bond acceptors (Lipinski definition) is 3. The molecule has 4 nitrogen and oxygen atoms in total. The Morgan fingerprint density at radius 2 is 2.12 bits per heavy atom. The predicted octanol–water partition coefficient (Wildman–Crippen LogP) is 2.16. The van der Waals surface area contributed by atoms with Crippen LogP contribution < -0.4 is 0 Å². The molecule has 0 aromatic carbocycles. The van der Waals surface area contributed by atoms with Crippen LogP contribution in [0.25, 0.3) is 0 Å². The van der Waals surface area contributed by atoms with Gasteiger partial charge in [0.05, 0.1) is 12.1 Å². The first kappa shape index (κ1) is 12.7. The van der Waals surface area contributed by atoms with Crippen molar-refractivity contribution in [1.82, 2.24) is 4.90 Å². The van der Waals surface area contributed by atoms with Gasteiger partial charge in [0.2, 0.25) is 0 Å². The number of fused-ring (bicyclic) bond motifs is 2. The maximum atomic E-state index is 12.1. The van der Waals surface area contributed by atoms with Gasteiger partial charge in [-0.15, -0.1) is 0 Å². The molecule has 1 amide bonds. The molecule has 0 radical (unpaired) electrons. The lowest BCUT2D eigenvalue weighted by Crippen LogP contribution is -2.44. The van der Waals surface area contributed by atoms with E-state index in [0.717, 1.165) is 19.3 Å². The first-order valence-corrected chi connectivity index (χ1v) is 6.38. The Balaban J connectivity index is 2.09. The van der Waals surface area contributed by atoms with Gasteiger partial charge in [0.15, 0.2) is 0 Å². The molecule has 0 aromatic rings. The molecule has 98 valence electrons. The van der Waals surface area contributed by atoms with E-state index in [0.29, 0.717) is 6.54 Å². The quantitative estimate of drug-likeness (QED) is 0.707. The third-order valence-electron chi connectivity index (χ3n) is 3.77. The highest BCUT2D eigenvalue weighted by atomic mass is 16.6. The van der Waals surface area contributed by atoms with E-state index in [9.17, 15) is 9.90 Å². The van der Waals surface area contributed by atoms with Crippen molar-refractivity contribution in [2.24, 2.45) is 5.41 Å². The van der Waals surface area contributed by atoms with Gasteiger partial charge in [-0.25, -0.2) is 4.79 Å². The van der Waals surface area contributed by atoms with E-state index in [1.165, 1.54) is 0 Å². The van der Waals surface area contributed by atoms with Crippen LogP contribution in [0.4, 0.5) is 4.79 Å². The maximum absolute atomic E-state index is 12.1. The second kappa shape index (κ2) is 3.87. The second-order valence-electron chi connectivity index (χ2n) is 6.80. The number of aliphatic hydroxyl groups excluding tert-OH is 1. The van der Waals surface area contributed by atoms with Crippen LogP contribution in [-0.2, 0) is 4.74 Å². The molecule has 0 aromatic heterocycles. The fraction of sp³-hybridized carbons (Fsp3) is 0.923. The van der Waals surface area contributed by atoms with E-state index in [-0.39, 0.29) is 17.6 Å². The molecule has 1 saturated heterocycles. The number of amides is 1. The number of rotatable bonds is 0. The lowest BCUT2D eigenvalue weighted by molar-refractivity contribution is 0.00417. The Morgan fingerprint density at radius 1 is 1.47 bits per heavy atom. The van der Waals surface area contributed by atoms with Gasteiger partial charge < -0.3 is 14.7 Å². The molecule has 0 spiro atoms. The van der Waals surface area contributed by atoms with Crippen molar-refractivity contribution in [3.05, 3.63) is 0 Å². The summed E-state index contributed by atoms with van der Waals surface area (Å²) in [5, 5.41) is 9.98. The molecule has 17 heavy (non-hydrogen) atoms. The van der Waals surface area contributed by atoms with Crippen molar-refractivity contribution in [3.8, 4) is 0 Å². The highest BCUT2D eigenvalue weighted by Gasteiger charge is 2.50. The fourth-order valence-corrected chi connectivity index (χ4v) is 2.94. The molecule has 2 rings (SSSR count). The van der Waals surface area contributed by atoms with Gasteiger partial charge in [0.1, 0.15) is 5.60 Å². The van der Waals surface area contributed by atoms with E-state index in [1.807, 2.05) is 20.8 Å². The molecular weight excluding hydrogens is 218 g/mol. The zero-order valence-electron chi connectivity index (χ0n) is 11.2. The Bertz CT molecular complexity index is 323. The highest BCUT2D eigenvalue weighted by Crippen LogP contribution is 2.45. The van der Waals surface area contributed by atoms with Crippen molar-refractivity contribution < 1.29 is 14.6 Å². The maximum Gasteiger partial charge on any atom is 0.410 e. The monoisotopic (exact) mass is 241 g/mol. The van der Waals surface area contributed by atoms with Crippen molar-refractivity contribution >= 4 is 6.09 Å². The topological polar surface area (TPSA) is 49.8 Å². The predicted molar refractivity (Wildman–Crippen MR) is 64.7 cm³/mol. The standard InChI is InChI=1S/C13H23NO3/c1-12(2,3)17-11(16)14-8-13(4)6-5-10(15)9(14)7-13/h9-10,15H,5-8H2,1-4H3. The van der Waals surface area contributed by atoms with Gasteiger partial charge in [-0.1, -0.05) is 6.92 Å². The third kappa shape index (κ3) is 2.57. The number of carbonyl (C=O) groups excluding carboxylic acids is 1. The van der Waals surface area contributed by atoms with E-state index in [2.05, 4.69) is 6.92 Å². The lowest BCUT2D eigenvalue weighted by Gasteiger charge is -2.32. The van der Waals surface area contributed by atoms with Gasteiger partial charge in [-0.05, 0) is 45.4 Å². The molecule has 3 unspecified atom stereocenters. The molecule has 3 atom stereocenters. The molecule has 4 heteroatoms. The Morgan fingerprint density at radius 3 is 2.71 bits per heavy atom. The van der Waals surface area contributed by atoms with Crippen LogP contribution in [0.15, 0.2) is 0 Å². The number of aliphatic hydroxyl groups is 1. The van der Waals surface area contributed by atoms with Crippen LogP contribution in [0, 0.1) is 5.41 Å². The van der Waals surface area contributed by atoms with Gasteiger partial charge in [0, 0.05) is 6.54 Å². The van der Waals surface area contributed by atoms with E-state index < -0.39 is 11.7 Å². The van der Waals surface area contributed by atoms with Crippen LogP contribution in [0.3, 0.4) is 0 Å². The summed E-state index contributed by atoms with van der Waals surface area (Å²) >= 11 is 0. The fourth-order valence-electron chi connectivity index (χ4n) is 2.94. The molecule has 2 fully saturated rings. The first-order chi connectivity index (χ1) is 7.70. The van der Waals surface area contributed by atoms with Gasteiger partial charge in [-0.3, -0.25) is 0 Å². The van der Waals surface area contributed by atoms with E-state index >= 15 is 0 Å². The largest absolute Gasteiger partial charge is 0.444 e. The summed E-state index contributed by atoms with van der Waals surface area (Å²) in [6, 6.07) is -0.0522. The lowest BCUT2D eigenvalue weighted by atomic mass is 9.76. The second-order valence-corrected chi connectivity index (χ2v) is 6.80. The van der Waals surface area contributed by atoms with Gasteiger partial charge >= 0.3 is 6.09 Å². The minimum atomic E-state index is -0.473. The summed E-state index contributed by atoms with van der Waals surface area (Å²) in [5.74, 6) is 0. The molecule has 1 heterocycles.